The number of pyridine rings is 1. The maximum absolute atomic E-state index is 13.3. The van der Waals surface area contributed by atoms with Gasteiger partial charge in [-0.2, -0.15) is 10.1 Å². The molecule has 1 aliphatic carbocycles. The van der Waals surface area contributed by atoms with Crippen molar-refractivity contribution >= 4 is 28.4 Å². The summed E-state index contributed by atoms with van der Waals surface area (Å²) in [4.78, 5) is 22.8. The Kier molecular flexibility index (Phi) is 3.40. The van der Waals surface area contributed by atoms with Crippen LogP contribution in [0, 0.1) is 0 Å². The first-order valence-corrected chi connectivity index (χ1v) is 9.71. The third-order valence-electron chi connectivity index (χ3n) is 5.54. The number of benzene rings is 2. The van der Waals surface area contributed by atoms with Gasteiger partial charge in [-0.05, 0) is 41.7 Å². The molecule has 6 nitrogen and oxygen atoms in total. The van der Waals surface area contributed by atoms with Crippen LogP contribution in [0.1, 0.15) is 11.1 Å². The molecule has 0 unspecified atom stereocenters. The highest BCUT2D eigenvalue weighted by Crippen LogP contribution is 2.40. The Morgan fingerprint density at radius 2 is 1.83 bits per heavy atom. The number of fused-ring (bicyclic) bond motifs is 5. The molecule has 140 valence electrons. The van der Waals surface area contributed by atoms with Crippen LogP contribution < -0.4 is 5.56 Å². The number of hydrogen-bond acceptors (Lipinski definition) is 4. The number of nitrogens with zero attached hydrogens (tertiary/aromatic N) is 4. The Morgan fingerprint density at radius 1 is 1.00 bits per heavy atom. The highest BCUT2D eigenvalue weighted by molar-refractivity contribution is 6.30. The van der Waals surface area contributed by atoms with E-state index in [1.54, 1.807) is 0 Å². The van der Waals surface area contributed by atoms with Gasteiger partial charge in [-0.1, -0.05) is 48.0 Å². The third-order valence-corrected chi connectivity index (χ3v) is 5.79. The van der Waals surface area contributed by atoms with Crippen molar-refractivity contribution in [2.45, 2.75) is 12.8 Å². The molecule has 3 aromatic heterocycles. The van der Waals surface area contributed by atoms with Gasteiger partial charge in [0, 0.05) is 16.1 Å². The molecule has 1 aliphatic rings. The molecule has 29 heavy (non-hydrogen) atoms. The van der Waals surface area contributed by atoms with E-state index < -0.39 is 0 Å². The summed E-state index contributed by atoms with van der Waals surface area (Å²) in [6.45, 7) is 0. The molecule has 0 bridgehead atoms. The van der Waals surface area contributed by atoms with Crippen LogP contribution in [0.2, 0.25) is 5.02 Å². The minimum absolute atomic E-state index is 0.183. The van der Waals surface area contributed by atoms with Crippen LogP contribution >= 0.6 is 11.6 Å². The maximum atomic E-state index is 13.3. The van der Waals surface area contributed by atoms with Crippen LogP contribution in [0.4, 0.5) is 0 Å². The largest absolute Gasteiger partial charge is 0.270 e. The summed E-state index contributed by atoms with van der Waals surface area (Å²) in [5.41, 5.74) is 6.35. The van der Waals surface area contributed by atoms with Crippen LogP contribution in [0.3, 0.4) is 0 Å². The Bertz CT molecular complexity index is 1480. The molecule has 3 heterocycles. The Balaban J connectivity index is 1.82. The lowest BCUT2D eigenvalue weighted by molar-refractivity contribution is 0.931. The number of nitrogens with one attached hydrogen (secondary N) is 1. The molecular weight excluding hydrogens is 386 g/mol. The van der Waals surface area contributed by atoms with Gasteiger partial charge in [-0.3, -0.25) is 4.79 Å². The van der Waals surface area contributed by atoms with Gasteiger partial charge in [0.15, 0.2) is 5.65 Å². The molecule has 7 heteroatoms. The number of aromatic amines is 1. The van der Waals surface area contributed by atoms with Crippen molar-refractivity contribution in [3.8, 4) is 22.4 Å². The molecule has 0 atom stereocenters. The van der Waals surface area contributed by atoms with E-state index in [1.807, 2.05) is 36.4 Å². The Hall–Kier alpha value is -3.51. The average Bonchev–Trinajstić information content (AvgIpc) is 3.22. The highest BCUT2D eigenvalue weighted by atomic mass is 35.5. The summed E-state index contributed by atoms with van der Waals surface area (Å²) < 4.78 is 1.42. The molecule has 0 aliphatic heterocycles. The first kappa shape index (κ1) is 16.4. The highest BCUT2D eigenvalue weighted by Gasteiger charge is 2.25. The van der Waals surface area contributed by atoms with Gasteiger partial charge in [0.05, 0.1) is 11.1 Å². The standard InChI is InChI=1S/C22H14ClN5O/c23-14-8-5-13(6-9-14)17-16-10-7-12-3-1-2-4-15(12)19(16)25-20-18(17)21(29)28-11-24-27-22(28)26-20/h1-6,8-9,11H,7,10H2,(H,25,26,27). The zero-order valence-electron chi connectivity index (χ0n) is 15.2. The van der Waals surface area contributed by atoms with E-state index in [1.165, 1.54) is 16.3 Å². The number of H-pyrrole nitrogens is 1. The van der Waals surface area contributed by atoms with E-state index in [0.29, 0.717) is 21.8 Å². The SMILES string of the molecule is O=c1c2c(-c3ccc(Cl)cc3)c3c(nc2nc2[nH]ncn12)-c1ccccc1CC3. The quantitative estimate of drug-likeness (QED) is 0.461. The molecule has 2 aromatic carbocycles. The summed E-state index contributed by atoms with van der Waals surface area (Å²) in [7, 11) is 0. The second-order valence-electron chi connectivity index (χ2n) is 7.14. The smallest absolute Gasteiger partial charge is 0.268 e. The second kappa shape index (κ2) is 5.99. The van der Waals surface area contributed by atoms with E-state index in [9.17, 15) is 4.79 Å². The first-order valence-electron chi connectivity index (χ1n) is 9.33. The lowest BCUT2D eigenvalue weighted by Crippen LogP contribution is -2.18. The van der Waals surface area contributed by atoms with Crippen molar-refractivity contribution in [2.75, 3.05) is 0 Å². The topological polar surface area (TPSA) is 75.9 Å². The van der Waals surface area contributed by atoms with Crippen molar-refractivity contribution in [1.82, 2.24) is 24.6 Å². The predicted molar refractivity (Wildman–Crippen MR) is 112 cm³/mol. The molecule has 0 spiro atoms. The molecule has 0 saturated carbocycles. The predicted octanol–water partition coefficient (Wildman–Crippen LogP) is 4.05. The van der Waals surface area contributed by atoms with Crippen molar-refractivity contribution in [1.29, 1.82) is 0 Å². The average molecular weight is 400 g/mol. The molecule has 0 radical (unpaired) electrons. The van der Waals surface area contributed by atoms with E-state index in [-0.39, 0.29) is 5.56 Å². The summed E-state index contributed by atoms with van der Waals surface area (Å²) >= 11 is 6.12. The van der Waals surface area contributed by atoms with Gasteiger partial charge in [0.25, 0.3) is 5.56 Å². The Labute approximate surface area is 169 Å². The van der Waals surface area contributed by atoms with Gasteiger partial charge < -0.3 is 0 Å². The molecule has 0 saturated heterocycles. The molecule has 5 aromatic rings. The third kappa shape index (κ3) is 2.36. The molecule has 6 rings (SSSR count). The molecule has 0 fully saturated rings. The summed E-state index contributed by atoms with van der Waals surface area (Å²) in [5.74, 6) is 0.376. The fourth-order valence-corrected chi connectivity index (χ4v) is 4.35. The normalized spacial score (nSPS) is 12.9. The van der Waals surface area contributed by atoms with E-state index in [0.717, 1.165) is 40.8 Å². The van der Waals surface area contributed by atoms with E-state index in [4.69, 9.17) is 16.6 Å². The van der Waals surface area contributed by atoms with Gasteiger partial charge in [0.1, 0.15) is 6.33 Å². The van der Waals surface area contributed by atoms with Crippen molar-refractivity contribution in [2.24, 2.45) is 0 Å². The summed E-state index contributed by atoms with van der Waals surface area (Å²) in [6, 6.07) is 15.8. The fraction of sp³-hybridized carbons (Fsp3) is 0.0909. The van der Waals surface area contributed by atoms with Crippen LogP contribution in [0.5, 0.6) is 0 Å². The summed E-state index contributed by atoms with van der Waals surface area (Å²) in [5, 5.41) is 7.88. The van der Waals surface area contributed by atoms with Crippen molar-refractivity contribution in [3.63, 3.8) is 0 Å². The van der Waals surface area contributed by atoms with Crippen LogP contribution in [-0.2, 0) is 12.8 Å². The zero-order valence-corrected chi connectivity index (χ0v) is 15.9. The van der Waals surface area contributed by atoms with Gasteiger partial charge >= 0.3 is 0 Å². The molecular formula is C22H14ClN5O. The number of hydrogen-bond donors (Lipinski definition) is 1. The van der Waals surface area contributed by atoms with E-state index >= 15 is 0 Å². The molecule has 0 amide bonds. The first-order chi connectivity index (χ1) is 14.2. The minimum Gasteiger partial charge on any atom is -0.268 e. The molecule has 1 N–H and O–H groups in total. The number of rotatable bonds is 1. The lowest BCUT2D eigenvalue weighted by Gasteiger charge is -2.23. The van der Waals surface area contributed by atoms with Crippen LogP contribution in [-0.4, -0.2) is 24.6 Å². The minimum atomic E-state index is -0.183. The zero-order chi connectivity index (χ0) is 19.5. The second-order valence-corrected chi connectivity index (χ2v) is 7.58. The van der Waals surface area contributed by atoms with E-state index in [2.05, 4.69) is 27.3 Å². The van der Waals surface area contributed by atoms with Crippen molar-refractivity contribution in [3.05, 3.63) is 81.4 Å². The summed E-state index contributed by atoms with van der Waals surface area (Å²) in [6.07, 6.45) is 3.16. The van der Waals surface area contributed by atoms with Gasteiger partial charge in [-0.15, -0.1) is 0 Å². The monoisotopic (exact) mass is 399 g/mol. The van der Waals surface area contributed by atoms with Gasteiger partial charge in [0.2, 0.25) is 5.78 Å². The van der Waals surface area contributed by atoms with Crippen molar-refractivity contribution < 1.29 is 0 Å². The lowest BCUT2D eigenvalue weighted by atomic mass is 9.84. The maximum Gasteiger partial charge on any atom is 0.270 e. The number of halogens is 1. The number of aromatic nitrogens is 5. The fourth-order valence-electron chi connectivity index (χ4n) is 4.23. The van der Waals surface area contributed by atoms with Crippen LogP contribution in [0.15, 0.2) is 59.7 Å². The Morgan fingerprint density at radius 3 is 2.69 bits per heavy atom. The van der Waals surface area contributed by atoms with Crippen LogP contribution in [0.25, 0.3) is 39.2 Å². The van der Waals surface area contributed by atoms with Gasteiger partial charge in [-0.25, -0.2) is 14.5 Å². The number of aryl methyl sites for hydroxylation is 1.